The summed E-state index contributed by atoms with van der Waals surface area (Å²) in [5.74, 6) is -0.189. The van der Waals surface area contributed by atoms with Gasteiger partial charge < -0.3 is 10.5 Å². The highest BCUT2D eigenvalue weighted by atomic mass is 19.1. The van der Waals surface area contributed by atoms with Gasteiger partial charge in [-0.15, -0.1) is 0 Å². The summed E-state index contributed by atoms with van der Waals surface area (Å²) in [5.41, 5.74) is 5.77. The number of nitro benzene ring substituents is 1. The van der Waals surface area contributed by atoms with E-state index >= 15 is 0 Å². The Morgan fingerprint density at radius 3 is 2.80 bits per heavy atom. The molecule has 20 heavy (non-hydrogen) atoms. The first-order chi connectivity index (χ1) is 9.45. The number of hydrogen-bond donors (Lipinski definition) is 1. The molecule has 0 spiro atoms. The van der Waals surface area contributed by atoms with Crippen LogP contribution in [0.25, 0.3) is 0 Å². The molecule has 1 heterocycles. The highest BCUT2D eigenvalue weighted by Crippen LogP contribution is 2.27. The molecule has 2 N–H and O–H groups in total. The number of nitrogens with zero attached hydrogens (tertiary/aromatic N) is 3. The maximum Gasteiger partial charge on any atom is 0.313 e. The van der Waals surface area contributed by atoms with Gasteiger partial charge in [-0.25, -0.2) is 14.4 Å². The Bertz CT molecular complexity index is 643. The maximum absolute atomic E-state index is 13.0. The van der Waals surface area contributed by atoms with Crippen LogP contribution in [0, 0.1) is 22.9 Å². The van der Waals surface area contributed by atoms with Crippen molar-refractivity contribution in [2.75, 3.05) is 5.73 Å². The molecule has 0 bridgehead atoms. The van der Waals surface area contributed by atoms with Crippen molar-refractivity contribution in [2.45, 2.75) is 13.5 Å². The Labute approximate surface area is 113 Å². The van der Waals surface area contributed by atoms with Crippen LogP contribution in [0.2, 0.25) is 0 Å². The normalized spacial score (nSPS) is 10.3. The number of aryl methyl sites for hydroxylation is 1. The van der Waals surface area contributed by atoms with Crippen molar-refractivity contribution in [2.24, 2.45) is 0 Å². The van der Waals surface area contributed by atoms with Crippen LogP contribution in [0.15, 0.2) is 24.3 Å². The minimum Gasteiger partial charge on any atom is -0.479 e. The monoisotopic (exact) mass is 278 g/mol. The van der Waals surface area contributed by atoms with Gasteiger partial charge in [-0.3, -0.25) is 10.1 Å². The number of hydrogen-bond acceptors (Lipinski definition) is 6. The topological polar surface area (TPSA) is 104 Å². The predicted octanol–water partition coefficient (Wildman–Crippen LogP) is 1.99. The third kappa shape index (κ3) is 3.16. The first kappa shape index (κ1) is 13.7. The largest absolute Gasteiger partial charge is 0.479 e. The van der Waals surface area contributed by atoms with E-state index in [1.165, 1.54) is 6.07 Å². The van der Waals surface area contributed by atoms with Crippen LogP contribution < -0.4 is 10.5 Å². The van der Waals surface area contributed by atoms with Gasteiger partial charge >= 0.3 is 5.69 Å². The Balaban J connectivity index is 2.20. The molecule has 0 aliphatic carbocycles. The molecule has 0 amide bonds. The molecule has 1 aromatic heterocycles. The molecule has 2 rings (SSSR count). The van der Waals surface area contributed by atoms with Gasteiger partial charge in [-0.1, -0.05) is 0 Å². The molecular weight excluding hydrogens is 267 g/mol. The molecule has 0 aliphatic rings. The van der Waals surface area contributed by atoms with Crippen molar-refractivity contribution in [1.82, 2.24) is 9.97 Å². The lowest BCUT2D eigenvalue weighted by Crippen LogP contribution is -2.06. The number of ether oxygens (including phenoxy) is 1. The summed E-state index contributed by atoms with van der Waals surface area (Å²) >= 11 is 0. The zero-order valence-corrected chi connectivity index (χ0v) is 10.5. The first-order valence-electron chi connectivity index (χ1n) is 5.62. The highest BCUT2D eigenvalue weighted by Gasteiger charge is 2.16. The minimum absolute atomic E-state index is 0.0555. The average molecular weight is 278 g/mol. The van der Waals surface area contributed by atoms with E-state index in [0.717, 1.165) is 12.1 Å². The van der Waals surface area contributed by atoms with Crippen LogP contribution >= 0.6 is 0 Å². The average Bonchev–Trinajstić information content (AvgIpc) is 2.36. The van der Waals surface area contributed by atoms with E-state index in [-0.39, 0.29) is 18.2 Å². The molecule has 0 radical (unpaired) electrons. The lowest BCUT2D eigenvalue weighted by Gasteiger charge is -2.07. The number of aromatic nitrogens is 2. The van der Waals surface area contributed by atoms with E-state index in [1.54, 1.807) is 13.0 Å². The molecule has 0 saturated carbocycles. The van der Waals surface area contributed by atoms with Crippen molar-refractivity contribution in [3.05, 3.63) is 51.7 Å². The number of anilines is 1. The Morgan fingerprint density at radius 1 is 1.40 bits per heavy atom. The standard InChI is InChI=1S/C12H11FN4O3/c1-7-4-11(14)16-12(15-7)6-20-10-3-2-8(13)5-9(10)17(18)19/h2-5H,6H2,1H3,(H2,14,15,16). The molecule has 8 heteroatoms. The second-order valence-corrected chi connectivity index (χ2v) is 4.01. The minimum atomic E-state index is -0.718. The van der Waals surface area contributed by atoms with Crippen molar-refractivity contribution in [1.29, 1.82) is 0 Å². The van der Waals surface area contributed by atoms with Gasteiger partial charge in [0.15, 0.2) is 11.6 Å². The number of nitrogen functional groups attached to an aromatic ring is 1. The van der Waals surface area contributed by atoms with Crippen LogP contribution in [0.4, 0.5) is 15.9 Å². The number of nitro groups is 1. The molecule has 0 fully saturated rings. The fourth-order valence-corrected chi connectivity index (χ4v) is 1.62. The smallest absolute Gasteiger partial charge is 0.313 e. The molecule has 0 saturated heterocycles. The lowest BCUT2D eigenvalue weighted by molar-refractivity contribution is -0.386. The molecule has 1 aromatic carbocycles. The van der Waals surface area contributed by atoms with Crippen molar-refractivity contribution in [3.63, 3.8) is 0 Å². The summed E-state index contributed by atoms with van der Waals surface area (Å²) in [6.07, 6.45) is 0. The third-order valence-corrected chi connectivity index (χ3v) is 2.39. The summed E-state index contributed by atoms with van der Waals surface area (Å²) in [5, 5.41) is 10.8. The van der Waals surface area contributed by atoms with Gasteiger partial charge in [0.05, 0.1) is 11.0 Å². The Morgan fingerprint density at radius 2 is 2.15 bits per heavy atom. The number of nitrogens with two attached hydrogens (primary N) is 1. The summed E-state index contributed by atoms with van der Waals surface area (Å²) in [6, 6.07) is 4.64. The van der Waals surface area contributed by atoms with E-state index in [0.29, 0.717) is 11.5 Å². The van der Waals surface area contributed by atoms with Crippen LogP contribution in [0.5, 0.6) is 5.75 Å². The van der Waals surface area contributed by atoms with Crippen molar-refractivity contribution >= 4 is 11.5 Å². The van der Waals surface area contributed by atoms with Gasteiger partial charge in [-0.05, 0) is 19.1 Å². The summed E-state index contributed by atoms with van der Waals surface area (Å²) in [4.78, 5) is 18.1. The third-order valence-electron chi connectivity index (χ3n) is 2.39. The fourth-order valence-electron chi connectivity index (χ4n) is 1.62. The first-order valence-corrected chi connectivity index (χ1v) is 5.62. The van der Waals surface area contributed by atoms with Crippen LogP contribution in [-0.2, 0) is 6.61 Å². The zero-order valence-electron chi connectivity index (χ0n) is 10.5. The van der Waals surface area contributed by atoms with Gasteiger partial charge in [0.2, 0.25) is 0 Å². The van der Waals surface area contributed by atoms with Gasteiger partial charge in [0.1, 0.15) is 18.2 Å². The van der Waals surface area contributed by atoms with Gasteiger partial charge in [0.25, 0.3) is 0 Å². The predicted molar refractivity (Wildman–Crippen MR) is 68.6 cm³/mol. The Kier molecular flexibility index (Phi) is 3.74. The molecular formula is C12H11FN4O3. The second kappa shape index (κ2) is 5.47. The fraction of sp³-hybridized carbons (Fsp3) is 0.167. The maximum atomic E-state index is 13.0. The van der Waals surface area contributed by atoms with Crippen LogP contribution in [-0.4, -0.2) is 14.9 Å². The second-order valence-electron chi connectivity index (χ2n) is 4.01. The summed E-state index contributed by atoms with van der Waals surface area (Å²) in [7, 11) is 0. The number of halogens is 1. The van der Waals surface area contributed by atoms with Crippen molar-refractivity contribution in [3.8, 4) is 5.75 Å². The molecule has 2 aromatic rings. The number of rotatable bonds is 4. The van der Waals surface area contributed by atoms with Gasteiger partial charge in [-0.2, -0.15) is 0 Å². The SMILES string of the molecule is Cc1cc(N)nc(COc2ccc(F)cc2[N+](=O)[O-])n1. The van der Waals surface area contributed by atoms with Crippen LogP contribution in [0.1, 0.15) is 11.5 Å². The quantitative estimate of drug-likeness (QED) is 0.677. The van der Waals surface area contributed by atoms with Gasteiger partial charge in [0, 0.05) is 11.8 Å². The number of benzene rings is 1. The van der Waals surface area contributed by atoms with Crippen molar-refractivity contribution < 1.29 is 14.1 Å². The Hall–Kier alpha value is -2.77. The van der Waals surface area contributed by atoms with E-state index in [1.807, 2.05) is 0 Å². The zero-order chi connectivity index (χ0) is 14.7. The van der Waals surface area contributed by atoms with E-state index in [4.69, 9.17) is 10.5 Å². The summed E-state index contributed by atoms with van der Waals surface area (Å²) in [6.45, 7) is 1.64. The van der Waals surface area contributed by atoms with Crippen LogP contribution in [0.3, 0.4) is 0 Å². The molecule has 7 nitrogen and oxygen atoms in total. The van der Waals surface area contributed by atoms with E-state index < -0.39 is 16.4 Å². The molecule has 104 valence electrons. The highest BCUT2D eigenvalue weighted by molar-refractivity contribution is 5.46. The molecule has 0 atom stereocenters. The summed E-state index contributed by atoms with van der Waals surface area (Å²) < 4.78 is 18.2. The lowest BCUT2D eigenvalue weighted by atomic mass is 10.3. The van der Waals surface area contributed by atoms with E-state index in [9.17, 15) is 14.5 Å². The van der Waals surface area contributed by atoms with E-state index in [2.05, 4.69) is 9.97 Å². The molecule has 0 aliphatic heterocycles. The molecule has 0 unspecified atom stereocenters.